The first kappa shape index (κ1) is 13.2. The predicted molar refractivity (Wildman–Crippen MR) is 71.9 cm³/mol. The van der Waals surface area contributed by atoms with E-state index in [1.165, 1.54) is 0 Å². The lowest BCUT2D eigenvalue weighted by Gasteiger charge is -2.07. The van der Waals surface area contributed by atoms with Gasteiger partial charge in [-0.15, -0.1) is 0 Å². The molecule has 0 fully saturated rings. The summed E-state index contributed by atoms with van der Waals surface area (Å²) in [6.45, 7) is 0.750. The number of hydrogen-bond donors (Lipinski definition) is 3. The fourth-order valence-electron chi connectivity index (χ4n) is 1.64. The molecule has 5 heteroatoms. The Labute approximate surface area is 111 Å². The Morgan fingerprint density at radius 2 is 2.16 bits per heavy atom. The molecule has 0 atom stereocenters. The van der Waals surface area contributed by atoms with E-state index in [9.17, 15) is 4.79 Å². The highest BCUT2D eigenvalue weighted by Gasteiger charge is 2.05. The van der Waals surface area contributed by atoms with Crippen molar-refractivity contribution in [3.05, 3.63) is 54.0 Å². The van der Waals surface area contributed by atoms with E-state index in [0.717, 1.165) is 11.4 Å². The second kappa shape index (κ2) is 6.61. The first-order valence-electron chi connectivity index (χ1n) is 6.05. The number of rotatable bonds is 6. The molecule has 5 nitrogen and oxygen atoms in total. The number of aliphatic hydroxyl groups is 1. The van der Waals surface area contributed by atoms with Crippen LogP contribution in [0, 0.1) is 0 Å². The Hall–Kier alpha value is -2.27. The number of anilines is 1. The molecule has 100 valence electrons. The minimum absolute atomic E-state index is 0.0673. The van der Waals surface area contributed by atoms with Gasteiger partial charge in [0.1, 0.15) is 5.76 Å². The van der Waals surface area contributed by atoms with Gasteiger partial charge >= 0.3 is 0 Å². The van der Waals surface area contributed by atoms with Gasteiger partial charge in [-0.05, 0) is 30.3 Å². The number of amides is 1. The molecular weight excluding hydrogens is 244 g/mol. The molecular formula is C14H16N2O3. The van der Waals surface area contributed by atoms with Gasteiger partial charge in [0.15, 0.2) is 0 Å². The van der Waals surface area contributed by atoms with Gasteiger partial charge in [0.25, 0.3) is 5.91 Å². The minimum atomic E-state index is -0.198. The van der Waals surface area contributed by atoms with Crippen molar-refractivity contribution in [1.82, 2.24) is 5.32 Å². The van der Waals surface area contributed by atoms with Crippen LogP contribution in [0.3, 0.4) is 0 Å². The molecule has 0 aliphatic heterocycles. The van der Waals surface area contributed by atoms with E-state index in [1.54, 1.807) is 24.5 Å². The Kier molecular flexibility index (Phi) is 4.58. The van der Waals surface area contributed by atoms with E-state index >= 15 is 0 Å². The van der Waals surface area contributed by atoms with Gasteiger partial charge in [0, 0.05) is 17.8 Å². The average Bonchev–Trinajstić information content (AvgIpc) is 2.96. The molecule has 0 aliphatic carbocycles. The van der Waals surface area contributed by atoms with Crippen LogP contribution in [-0.4, -0.2) is 24.2 Å². The molecule has 2 aromatic rings. The first-order valence-corrected chi connectivity index (χ1v) is 6.05. The Bertz CT molecular complexity index is 523. The van der Waals surface area contributed by atoms with Crippen molar-refractivity contribution in [3.63, 3.8) is 0 Å². The van der Waals surface area contributed by atoms with Crippen LogP contribution in [-0.2, 0) is 6.54 Å². The third kappa shape index (κ3) is 3.86. The number of aliphatic hydroxyl groups excluding tert-OH is 1. The van der Waals surface area contributed by atoms with E-state index in [2.05, 4.69) is 10.6 Å². The van der Waals surface area contributed by atoms with Gasteiger partial charge in [-0.25, -0.2) is 0 Å². The number of hydrogen-bond acceptors (Lipinski definition) is 4. The van der Waals surface area contributed by atoms with Crippen LogP contribution in [0.1, 0.15) is 16.1 Å². The Morgan fingerprint density at radius 1 is 1.26 bits per heavy atom. The van der Waals surface area contributed by atoms with E-state index in [-0.39, 0.29) is 19.1 Å². The summed E-state index contributed by atoms with van der Waals surface area (Å²) in [5, 5.41) is 14.5. The maximum atomic E-state index is 11.7. The molecule has 0 bridgehead atoms. The molecule has 0 saturated carbocycles. The van der Waals surface area contributed by atoms with Gasteiger partial charge < -0.3 is 20.2 Å². The van der Waals surface area contributed by atoms with Crippen LogP contribution >= 0.6 is 0 Å². The number of benzene rings is 1. The zero-order valence-electron chi connectivity index (χ0n) is 10.4. The predicted octanol–water partition coefficient (Wildman–Crippen LogP) is 1.61. The summed E-state index contributed by atoms with van der Waals surface area (Å²) in [7, 11) is 0. The summed E-state index contributed by atoms with van der Waals surface area (Å²) in [5.41, 5.74) is 1.39. The largest absolute Gasteiger partial charge is 0.467 e. The number of carbonyl (C=O) groups is 1. The quantitative estimate of drug-likeness (QED) is 0.737. The van der Waals surface area contributed by atoms with Gasteiger partial charge in [-0.2, -0.15) is 0 Å². The highest BCUT2D eigenvalue weighted by atomic mass is 16.3. The van der Waals surface area contributed by atoms with Crippen molar-refractivity contribution < 1.29 is 14.3 Å². The van der Waals surface area contributed by atoms with Gasteiger partial charge in [-0.3, -0.25) is 4.79 Å². The van der Waals surface area contributed by atoms with Crippen molar-refractivity contribution in [3.8, 4) is 0 Å². The SMILES string of the molecule is O=C(NCCO)c1cccc(NCc2ccco2)c1. The van der Waals surface area contributed by atoms with Crippen molar-refractivity contribution in [2.45, 2.75) is 6.54 Å². The summed E-state index contributed by atoms with van der Waals surface area (Å²) in [6, 6.07) is 10.9. The summed E-state index contributed by atoms with van der Waals surface area (Å²) in [5.74, 6) is 0.630. The molecule has 1 aromatic heterocycles. The van der Waals surface area contributed by atoms with Crippen LogP contribution in [0.4, 0.5) is 5.69 Å². The number of furan rings is 1. The van der Waals surface area contributed by atoms with E-state index in [0.29, 0.717) is 12.1 Å². The molecule has 19 heavy (non-hydrogen) atoms. The highest BCUT2D eigenvalue weighted by molar-refractivity contribution is 5.95. The van der Waals surface area contributed by atoms with Crippen molar-refractivity contribution >= 4 is 11.6 Å². The van der Waals surface area contributed by atoms with Crippen molar-refractivity contribution in [2.75, 3.05) is 18.5 Å². The third-order valence-corrected chi connectivity index (χ3v) is 2.57. The Morgan fingerprint density at radius 3 is 2.89 bits per heavy atom. The number of nitrogens with one attached hydrogen (secondary N) is 2. The lowest BCUT2D eigenvalue weighted by Crippen LogP contribution is -2.26. The van der Waals surface area contributed by atoms with E-state index < -0.39 is 0 Å². The van der Waals surface area contributed by atoms with Gasteiger partial charge in [0.2, 0.25) is 0 Å². The van der Waals surface area contributed by atoms with E-state index in [4.69, 9.17) is 9.52 Å². The fourth-order valence-corrected chi connectivity index (χ4v) is 1.64. The molecule has 0 spiro atoms. The molecule has 1 amide bonds. The van der Waals surface area contributed by atoms with Crippen molar-refractivity contribution in [2.24, 2.45) is 0 Å². The van der Waals surface area contributed by atoms with Crippen LogP contribution in [0.15, 0.2) is 47.1 Å². The van der Waals surface area contributed by atoms with Crippen LogP contribution < -0.4 is 10.6 Å². The normalized spacial score (nSPS) is 10.2. The molecule has 3 N–H and O–H groups in total. The average molecular weight is 260 g/mol. The monoisotopic (exact) mass is 260 g/mol. The summed E-state index contributed by atoms with van der Waals surface area (Å²) >= 11 is 0. The van der Waals surface area contributed by atoms with E-state index in [1.807, 2.05) is 18.2 Å². The zero-order chi connectivity index (χ0) is 13.5. The molecule has 1 aromatic carbocycles. The molecule has 0 unspecified atom stereocenters. The van der Waals surface area contributed by atoms with Crippen LogP contribution in [0.2, 0.25) is 0 Å². The topological polar surface area (TPSA) is 74.5 Å². The maximum absolute atomic E-state index is 11.7. The molecule has 1 heterocycles. The number of carbonyl (C=O) groups excluding carboxylic acids is 1. The van der Waals surface area contributed by atoms with Crippen molar-refractivity contribution in [1.29, 1.82) is 0 Å². The standard InChI is InChI=1S/C14H16N2O3/c17-7-6-15-14(18)11-3-1-4-12(9-11)16-10-13-5-2-8-19-13/h1-5,8-9,16-17H,6-7,10H2,(H,15,18). The van der Waals surface area contributed by atoms with Gasteiger partial charge in [-0.1, -0.05) is 6.07 Å². The first-order chi connectivity index (χ1) is 9.29. The molecule has 0 radical (unpaired) electrons. The lowest BCUT2D eigenvalue weighted by atomic mass is 10.2. The fraction of sp³-hybridized carbons (Fsp3) is 0.214. The third-order valence-electron chi connectivity index (χ3n) is 2.57. The molecule has 0 aliphatic rings. The summed E-state index contributed by atoms with van der Waals surface area (Å²) in [6.07, 6.45) is 1.62. The van der Waals surface area contributed by atoms with Gasteiger partial charge in [0.05, 0.1) is 19.4 Å². The maximum Gasteiger partial charge on any atom is 0.251 e. The lowest BCUT2D eigenvalue weighted by molar-refractivity contribution is 0.0945. The molecule has 0 saturated heterocycles. The molecule has 2 rings (SSSR count). The Balaban J connectivity index is 1.96. The zero-order valence-corrected chi connectivity index (χ0v) is 10.4. The second-order valence-corrected chi connectivity index (χ2v) is 3.99. The smallest absolute Gasteiger partial charge is 0.251 e. The summed E-state index contributed by atoms with van der Waals surface area (Å²) < 4.78 is 5.22. The minimum Gasteiger partial charge on any atom is -0.467 e. The summed E-state index contributed by atoms with van der Waals surface area (Å²) in [4.78, 5) is 11.7. The second-order valence-electron chi connectivity index (χ2n) is 3.99. The highest BCUT2D eigenvalue weighted by Crippen LogP contribution is 2.12. The van der Waals surface area contributed by atoms with Crippen LogP contribution in [0.25, 0.3) is 0 Å². The van der Waals surface area contributed by atoms with Crippen LogP contribution in [0.5, 0.6) is 0 Å².